The largest absolute Gasteiger partial charge is 0.493 e. The summed E-state index contributed by atoms with van der Waals surface area (Å²) in [4.78, 5) is 25.3. The van der Waals surface area contributed by atoms with E-state index in [1.54, 1.807) is 30.0 Å². The number of amides is 1. The minimum Gasteiger partial charge on any atom is -0.493 e. The molecule has 0 radical (unpaired) electrons. The fourth-order valence-corrected chi connectivity index (χ4v) is 3.47. The summed E-state index contributed by atoms with van der Waals surface area (Å²) < 4.78 is 12.8. The molecular formula is C23H24N6O3. The van der Waals surface area contributed by atoms with Crippen molar-refractivity contribution in [1.82, 2.24) is 24.6 Å². The first kappa shape index (κ1) is 21.2. The maximum absolute atomic E-state index is 12.5. The third kappa shape index (κ3) is 4.51. The van der Waals surface area contributed by atoms with Gasteiger partial charge in [0, 0.05) is 23.9 Å². The molecule has 9 heteroatoms. The van der Waals surface area contributed by atoms with E-state index in [-0.39, 0.29) is 5.91 Å². The molecule has 0 spiro atoms. The summed E-state index contributed by atoms with van der Waals surface area (Å²) in [6.45, 7) is 5.85. The van der Waals surface area contributed by atoms with Crippen molar-refractivity contribution in [2.75, 3.05) is 12.4 Å². The minimum atomic E-state index is -0.113. The molecule has 32 heavy (non-hydrogen) atoms. The molecule has 1 amide bonds. The van der Waals surface area contributed by atoms with Crippen molar-refractivity contribution in [1.29, 1.82) is 0 Å². The van der Waals surface area contributed by atoms with Gasteiger partial charge >= 0.3 is 0 Å². The van der Waals surface area contributed by atoms with Crippen LogP contribution in [0.15, 0.2) is 42.9 Å². The van der Waals surface area contributed by atoms with Gasteiger partial charge in [0.25, 0.3) is 5.78 Å². The number of benzene rings is 1. The zero-order chi connectivity index (χ0) is 22.7. The van der Waals surface area contributed by atoms with Crippen LogP contribution in [0.2, 0.25) is 0 Å². The molecule has 0 saturated carbocycles. The van der Waals surface area contributed by atoms with Gasteiger partial charge in [0.1, 0.15) is 6.33 Å². The average molecular weight is 432 g/mol. The van der Waals surface area contributed by atoms with Crippen molar-refractivity contribution < 1.29 is 14.3 Å². The molecule has 0 fully saturated rings. The molecule has 1 aromatic carbocycles. The summed E-state index contributed by atoms with van der Waals surface area (Å²) in [6, 6.07) is 9.11. The quantitative estimate of drug-likeness (QED) is 0.473. The molecule has 1 N–H and O–H groups in total. The van der Waals surface area contributed by atoms with E-state index in [1.165, 1.54) is 6.33 Å². The Labute approximate surface area is 185 Å². The summed E-state index contributed by atoms with van der Waals surface area (Å²) >= 11 is 0. The lowest BCUT2D eigenvalue weighted by molar-refractivity contribution is -0.116. The highest BCUT2D eigenvalue weighted by molar-refractivity contribution is 5.90. The highest BCUT2D eigenvalue weighted by Crippen LogP contribution is 2.31. The maximum Gasteiger partial charge on any atom is 0.252 e. The van der Waals surface area contributed by atoms with Crippen LogP contribution in [0.4, 0.5) is 5.69 Å². The topological polar surface area (TPSA) is 104 Å². The lowest BCUT2D eigenvalue weighted by atomic mass is 10.1. The average Bonchev–Trinajstić information content (AvgIpc) is 3.24. The normalized spacial score (nSPS) is 10.9. The van der Waals surface area contributed by atoms with Gasteiger partial charge in [-0.25, -0.2) is 14.5 Å². The third-order valence-corrected chi connectivity index (χ3v) is 5.14. The number of aromatic nitrogens is 5. The molecule has 4 rings (SSSR count). The van der Waals surface area contributed by atoms with Crippen molar-refractivity contribution in [3.63, 3.8) is 0 Å². The number of nitrogens with one attached hydrogen (secondary N) is 1. The van der Waals surface area contributed by atoms with Crippen LogP contribution in [-0.2, 0) is 11.2 Å². The SMILES string of the molecule is COc1cc(C)ccc1Oc1ccc(NC(=O)CCc2c(C)nc3ncnn3c2C)cn1. The zero-order valence-electron chi connectivity index (χ0n) is 18.4. The Hall–Kier alpha value is -4.01. The summed E-state index contributed by atoms with van der Waals surface area (Å²) in [5.41, 5.74) is 4.45. The molecule has 0 saturated heterocycles. The second kappa shape index (κ2) is 9.01. The predicted molar refractivity (Wildman–Crippen MR) is 119 cm³/mol. The minimum absolute atomic E-state index is 0.113. The first-order valence-electron chi connectivity index (χ1n) is 10.2. The molecule has 0 aliphatic rings. The van der Waals surface area contributed by atoms with Crippen LogP contribution in [0, 0.1) is 20.8 Å². The number of pyridine rings is 1. The van der Waals surface area contributed by atoms with E-state index in [1.807, 2.05) is 39.0 Å². The second-order valence-electron chi connectivity index (χ2n) is 7.42. The first-order valence-corrected chi connectivity index (χ1v) is 10.2. The Morgan fingerprint density at radius 1 is 1.09 bits per heavy atom. The van der Waals surface area contributed by atoms with E-state index in [0.717, 1.165) is 22.5 Å². The second-order valence-corrected chi connectivity index (χ2v) is 7.42. The molecular weight excluding hydrogens is 408 g/mol. The molecule has 9 nitrogen and oxygen atoms in total. The van der Waals surface area contributed by atoms with Gasteiger partial charge in [-0.05, 0) is 56.5 Å². The fourth-order valence-electron chi connectivity index (χ4n) is 3.47. The van der Waals surface area contributed by atoms with Crippen molar-refractivity contribution in [2.45, 2.75) is 33.6 Å². The van der Waals surface area contributed by atoms with Crippen LogP contribution >= 0.6 is 0 Å². The van der Waals surface area contributed by atoms with E-state index in [9.17, 15) is 4.79 Å². The number of hydrogen-bond donors (Lipinski definition) is 1. The first-order chi connectivity index (χ1) is 15.4. The number of carbonyl (C=O) groups excluding carboxylic acids is 1. The number of carbonyl (C=O) groups is 1. The Balaban J connectivity index is 1.37. The molecule has 3 heterocycles. The van der Waals surface area contributed by atoms with Crippen LogP contribution < -0.4 is 14.8 Å². The van der Waals surface area contributed by atoms with E-state index in [4.69, 9.17) is 9.47 Å². The zero-order valence-corrected chi connectivity index (χ0v) is 18.4. The molecule has 0 atom stereocenters. The Bertz CT molecular complexity index is 1270. The van der Waals surface area contributed by atoms with Crippen molar-refractivity contribution >= 4 is 17.4 Å². The number of aryl methyl sites for hydroxylation is 3. The van der Waals surface area contributed by atoms with Gasteiger partial charge in [0.15, 0.2) is 11.5 Å². The molecule has 164 valence electrons. The Morgan fingerprint density at radius 2 is 1.94 bits per heavy atom. The van der Waals surface area contributed by atoms with Crippen molar-refractivity contribution in [2.24, 2.45) is 0 Å². The van der Waals surface area contributed by atoms with Crippen LogP contribution in [0.3, 0.4) is 0 Å². The third-order valence-electron chi connectivity index (χ3n) is 5.14. The molecule has 0 bridgehead atoms. The number of ether oxygens (including phenoxy) is 2. The highest BCUT2D eigenvalue weighted by atomic mass is 16.5. The lowest BCUT2D eigenvalue weighted by Crippen LogP contribution is -2.14. The van der Waals surface area contributed by atoms with Gasteiger partial charge < -0.3 is 14.8 Å². The smallest absolute Gasteiger partial charge is 0.252 e. The van der Waals surface area contributed by atoms with Crippen LogP contribution in [0.5, 0.6) is 17.4 Å². The molecule has 0 aliphatic carbocycles. The number of nitrogens with zero attached hydrogens (tertiary/aromatic N) is 5. The number of anilines is 1. The standard InChI is InChI=1S/C23H24N6O3/c1-14-5-8-19(20(11-14)31-4)32-22-10-6-17(12-24-22)28-21(30)9-7-18-15(2)27-23-25-13-26-29(23)16(18)3/h5-6,8,10-13H,7,9H2,1-4H3,(H,28,30). The molecule has 0 aliphatic heterocycles. The van der Waals surface area contributed by atoms with E-state index in [2.05, 4.69) is 25.4 Å². The van der Waals surface area contributed by atoms with Gasteiger partial charge in [-0.2, -0.15) is 10.1 Å². The van der Waals surface area contributed by atoms with Crippen LogP contribution in [0.25, 0.3) is 5.78 Å². The van der Waals surface area contributed by atoms with Crippen molar-refractivity contribution in [3.8, 4) is 17.4 Å². The lowest BCUT2D eigenvalue weighted by Gasteiger charge is -2.11. The Morgan fingerprint density at radius 3 is 2.69 bits per heavy atom. The summed E-state index contributed by atoms with van der Waals surface area (Å²) in [5, 5.41) is 7.05. The van der Waals surface area contributed by atoms with Gasteiger partial charge in [-0.1, -0.05) is 6.07 Å². The van der Waals surface area contributed by atoms with E-state index in [0.29, 0.717) is 41.7 Å². The van der Waals surface area contributed by atoms with E-state index < -0.39 is 0 Å². The van der Waals surface area contributed by atoms with Gasteiger partial charge in [-0.3, -0.25) is 4.79 Å². The van der Waals surface area contributed by atoms with E-state index >= 15 is 0 Å². The van der Waals surface area contributed by atoms with Gasteiger partial charge in [-0.15, -0.1) is 0 Å². The maximum atomic E-state index is 12.5. The number of methoxy groups -OCH3 is 1. The van der Waals surface area contributed by atoms with Crippen LogP contribution in [0.1, 0.15) is 28.9 Å². The van der Waals surface area contributed by atoms with Gasteiger partial charge in [0.2, 0.25) is 11.8 Å². The fraction of sp³-hybridized carbons (Fsp3) is 0.261. The molecule has 4 aromatic rings. The van der Waals surface area contributed by atoms with Gasteiger partial charge in [0.05, 0.1) is 19.0 Å². The predicted octanol–water partition coefficient (Wildman–Crippen LogP) is 3.82. The molecule has 0 unspecified atom stereocenters. The summed E-state index contributed by atoms with van der Waals surface area (Å²) in [5.74, 6) is 2.06. The molecule has 3 aromatic heterocycles. The monoisotopic (exact) mass is 432 g/mol. The summed E-state index contributed by atoms with van der Waals surface area (Å²) in [7, 11) is 1.59. The Kier molecular flexibility index (Phi) is 5.98. The van der Waals surface area contributed by atoms with Crippen molar-refractivity contribution in [3.05, 3.63) is 65.4 Å². The number of hydrogen-bond acceptors (Lipinski definition) is 7. The summed E-state index contributed by atoms with van der Waals surface area (Å²) in [6.07, 6.45) is 3.89. The number of fused-ring (bicyclic) bond motifs is 1. The van der Waals surface area contributed by atoms with Crippen LogP contribution in [-0.4, -0.2) is 37.6 Å². The number of rotatable bonds is 7. The highest BCUT2D eigenvalue weighted by Gasteiger charge is 2.13.